The van der Waals surface area contributed by atoms with E-state index in [1.54, 1.807) is 24.3 Å². The van der Waals surface area contributed by atoms with Crippen molar-refractivity contribution in [3.05, 3.63) is 87.2 Å². The van der Waals surface area contributed by atoms with Crippen LogP contribution in [0.1, 0.15) is 36.6 Å². The number of hydrogen-bond donors (Lipinski definition) is 3. The second-order valence-electron chi connectivity index (χ2n) is 6.47. The number of azo groups is 1. The Labute approximate surface area is 174 Å². The highest BCUT2D eigenvalue weighted by molar-refractivity contribution is 6.22. The molecule has 3 aromatic rings. The summed E-state index contributed by atoms with van der Waals surface area (Å²) >= 11 is 0. The number of benzene rings is 2. The number of amides is 2. The Balaban J connectivity index is 1.54. The number of aromatic amines is 1. The van der Waals surface area contributed by atoms with Gasteiger partial charge in [-0.25, -0.2) is 4.79 Å². The van der Waals surface area contributed by atoms with Crippen LogP contribution in [0.2, 0.25) is 0 Å². The molecule has 0 saturated heterocycles. The van der Waals surface area contributed by atoms with Crippen LogP contribution in [0.5, 0.6) is 5.75 Å². The highest BCUT2D eigenvalue weighted by Gasteiger charge is 2.29. The molecule has 31 heavy (non-hydrogen) atoms. The summed E-state index contributed by atoms with van der Waals surface area (Å²) in [5.41, 5.74) is 0.394. The number of pyridine rings is 1. The molecule has 0 saturated carbocycles. The number of esters is 1. The minimum Gasteiger partial charge on any atom is -0.503 e. The van der Waals surface area contributed by atoms with Crippen LogP contribution >= 0.6 is 0 Å². The number of ether oxygens (including phenoxy) is 1. The minimum absolute atomic E-state index is 0.0847. The van der Waals surface area contributed by atoms with Crippen LogP contribution in [-0.2, 0) is 11.3 Å². The third kappa shape index (κ3) is 3.94. The molecule has 2 aromatic carbocycles. The maximum Gasteiger partial charge on any atom is 0.340 e. The van der Waals surface area contributed by atoms with Gasteiger partial charge in [0.25, 0.3) is 17.4 Å². The number of H-pyrrole nitrogens is 1. The lowest BCUT2D eigenvalue weighted by atomic mass is 10.0. The first-order valence-corrected chi connectivity index (χ1v) is 9.02. The first-order valence-electron chi connectivity index (χ1n) is 9.02. The van der Waals surface area contributed by atoms with Crippen LogP contribution in [0.3, 0.4) is 0 Å². The van der Waals surface area contributed by atoms with Crippen LogP contribution in [0.4, 0.5) is 11.5 Å². The van der Waals surface area contributed by atoms with E-state index in [2.05, 4.69) is 20.5 Å². The summed E-state index contributed by atoms with van der Waals surface area (Å²) < 4.78 is 5.33. The number of fused-ring (bicyclic) bond motifs is 1. The topological polar surface area (TPSA) is 150 Å². The van der Waals surface area contributed by atoms with Gasteiger partial charge in [-0.1, -0.05) is 24.3 Å². The second-order valence-corrected chi connectivity index (χ2v) is 6.47. The van der Waals surface area contributed by atoms with Crippen LogP contribution in [0.25, 0.3) is 0 Å². The average molecular weight is 418 g/mol. The number of rotatable bonds is 5. The third-order valence-corrected chi connectivity index (χ3v) is 4.47. The van der Waals surface area contributed by atoms with Gasteiger partial charge in [-0.15, -0.1) is 10.2 Å². The normalized spacial score (nSPS) is 12.6. The molecule has 2 amide bonds. The van der Waals surface area contributed by atoms with Gasteiger partial charge in [-0.3, -0.25) is 19.7 Å². The number of hydrogen-bond acceptors (Lipinski definition) is 8. The molecule has 10 nitrogen and oxygen atoms in total. The fourth-order valence-corrected chi connectivity index (χ4v) is 2.99. The van der Waals surface area contributed by atoms with Crippen molar-refractivity contribution in [2.24, 2.45) is 10.2 Å². The van der Waals surface area contributed by atoms with Crippen molar-refractivity contribution in [3.8, 4) is 5.75 Å². The second kappa shape index (κ2) is 8.03. The lowest BCUT2D eigenvalue weighted by Gasteiger charge is -2.09. The van der Waals surface area contributed by atoms with Gasteiger partial charge in [0.2, 0.25) is 0 Å². The molecule has 0 atom stereocenters. The molecule has 154 valence electrons. The van der Waals surface area contributed by atoms with Gasteiger partial charge in [0.05, 0.1) is 16.7 Å². The molecule has 1 aromatic heterocycles. The molecule has 0 radical (unpaired) electrons. The Morgan fingerprint density at radius 2 is 1.74 bits per heavy atom. The van der Waals surface area contributed by atoms with E-state index in [0.29, 0.717) is 5.56 Å². The Morgan fingerprint density at radius 3 is 2.55 bits per heavy atom. The fraction of sp³-hybridized carbons (Fsp3) is 0.0476. The number of carbonyl (C=O) groups excluding carboxylic acids is 3. The van der Waals surface area contributed by atoms with Gasteiger partial charge in [0, 0.05) is 5.56 Å². The third-order valence-electron chi connectivity index (χ3n) is 4.47. The van der Waals surface area contributed by atoms with E-state index < -0.39 is 29.1 Å². The monoisotopic (exact) mass is 418 g/mol. The molecule has 0 unspecified atom stereocenters. The van der Waals surface area contributed by atoms with E-state index in [-0.39, 0.29) is 34.8 Å². The predicted molar refractivity (Wildman–Crippen MR) is 107 cm³/mol. The molecule has 1 aliphatic rings. The molecular weight excluding hydrogens is 404 g/mol. The van der Waals surface area contributed by atoms with Gasteiger partial charge < -0.3 is 14.8 Å². The van der Waals surface area contributed by atoms with Crippen molar-refractivity contribution in [1.29, 1.82) is 0 Å². The summed E-state index contributed by atoms with van der Waals surface area (Å²) in [6.45, 7) is -0.223. The van der Waals surface area contributed by atoms with E-state index in [9.17, 15) is 24.3 Å². The van der Waals surface area contributed by atoms with Crippen molar-refractivity contribution >= 4 is 29.3 Å². The van der Waals surface area contributed by atoms with E-state index in [0.717, 1.165) is 0 Å². The zero-order chi connectivity index (χ0) is 22.0. The zero-order valence-electron chi connectivity index (χ0n) is 15.8. The molecule has 0 aliphatic carbocycles. The molecule has 3 N–H and O–H groups in total. The van der Waals surface area contributed by atoms with Gasteiger partial charge in [-0.05, 0) is 30.3 Å². The Kier molecular flexibility index (Phi) is 5.10. The summed E-state index contributed by atoms with van der Waals surface area (Å²) in [5.74, 6) is -2.11. The zero-order valence-corrected chi connectivity index (χ0v) is 15.8. The molecule has 0 bridgehead atoms. The number of carbonyl (C=O) groups is 3. The lowest BCUT2D eigenvalue weighted by molar-refractivity contribution is 0.0471. The van der Waals surface area contributed by atoms with E-state index in [1.807, 2.05) is 0 Å². The fourth-order valence-electron chi connectivity index (χ4n) is 2.99. The summed E-state index contributed by atoms with van der Waals surface area (Å²) in [5, 5.41) is 19.3. The van der Waals surface area contributed by atoms with Gasteiger partial charge in [0.15, 0.2) is 11.6 Å². The molecule has 0 fully saturated rings. The molecule has 0 spiro atoms. The maximum atomic E-state index is 12.6. The molecule has 10 heteroatoms. The maximum absolute atomic E-state index is 12.6. The molecule has 4 rings (SSSR count). The van der Waals surface area contributed by atoms with Crippen molar-refractivity contribution in [2.45, 2.75) is 6.61 Å². The van der Waals surface area contributed by atoms with Gasteiger partial charge >= 0.3 is 5.97 Å². The van der Waals surface area contributed by atoms with Crippen molar-refractivity contribution in [2.75, 3.05) is 0 Å². The molecular formula is C21H14N4O6. The SMILES string of the molecule is O=C(OCc1cccc2c1C(=O)NC2=O)c1ccccc1N=Nc1ccc(O)c(=O)[nH]1. The first-order chi connectivity index (χ1) is 14.9. The van der Waals surface area contributed by atoms with Crippen molar-refractivity contribution in [1.82, 2.24) is 10.3 Å². The quantitative estimate of drug-likeness (QED) is 0.329. The number of aromatic hydroxyl groups is 1. The summed E-state index contributed by atoms with van der Waals surface area (Å²) in [6.07, 6.45) is 0. The number of imide groups is 1. The van der Waals surface area contributed by atoms with Crippen LogP contribution in [0, 0.1) is 0 Å². The highest BCUT2D eigenvalue weighted by atomic mass is 16.5. The summed E-state index contributed by atoms with van der Waals surface area (Å²) in [7, 11) is 0. The Hall–Kier alpha value is -4.60. The lowest BCUT2D eigenvalue weighted by Crippen LogP contribution is -2.20. The van der Waals surface area contributed by atoms with Crippen LogP contribution < -0.4 is 10.9 Å². The van der Waals surface area contributed by atoms with E-state index in [1.165, 1.54) is 30.3 Å². The predicted octanol–water partition coefficient (Wildman–Crippen LogP) is 2.74. The number of nitrogens with one attached hydrogen (secondary N) is 2. The molecule has 2 heterocycles. The largest absolute Gasteiger partial charge is 0.503 e. The van der Waals surface area contributed by atoms with Crippen LogP contribution in [0.15, 0.2) is 69.6 Å². The van der Waals surface area contributed by atoms with Crippen molar-refractivity contribution in [3.63, 3.8) is 0 Å². The van der Waals surface area contributed by atoms with Crippen molar-refractivity contribution < 1.29 is 24.2 Å². The van der Waals surface area contributed by atoms with E-state index in [4.69, 9.17) is 4.74 Å². The van der Waals surface area contributed by atoms with Gasteiger partial charge in [0.1, 0.15) is 12.3 Å². The minimum atomic E-state index is -0.720. The standard InChI is InChI=1S/C21H14N4O6/c26-15-8-9-16(22-19(15)28)25-24-14-7-2-1-5-12(14)21(30)31-10-11-4-3-6-13-17(11)20(29)23-18(13)27/h1-9,26H,10H2,(H,22,28)(H,23,27,29). The Morgan fingerprint density at radius 1 is 0.935 bits per heavy atom. The van der Waals surface area contributed by atoms with Gasteiger partial charge in [-0.2, -0.15) is 0 Å². The highest BCUT2D eigenvalue weighted by Crippen LogP contribution is 2.24. The first kappa shape index (κ1) is 19.7. The smallest absolute Gasteiger partial charge is 0.340 e. The Bertz CT molecular complexity index is 1310. The van der Waals surface area contributed by atoms with Crippen LogP contribution in [-0.4, -0.2) is 27.9 Å². The number of nitrogens with zero attached hydrogens (tertiary/aromatic N) is 2. The molecule has 1 aliphatic heterocycles. The average Bonchev–Trinajstić information content (AvgIpc) is 3.07. The number of aromatic nitrogens is 1. The summed E-state index contributed by atoms with van der Waals surface area (Å²) in [6, 6.07) is 13.5. The summed E-state index contributed by atoms with van der Waals surface area (Å²) in [4.78, 5) is 50.1. The van der Waals surface area contributed by atoms with E-state index >= 15 is 0 Å².